The van der Waals surface area contributed by atoms with Crippen molar-refractivity contribution >= 4 is 43.6 Å². The first-order chi connectivity index (χ1) is 38.4. The Morgan fingerprint density at radius 1 is 0.256 bits per heavy atom. The summed E-state index contributed by atoms with van der Waals surface area (Å²) in [7, 11) is 0. The zero-order valence-corrected chi connectivity index (χ0v) is 41.5. The first kappa shape index (κ1) is 46.2. The Morgan fingerprint density at radius 3 is 0.885 bits per heavy atom. The molecule has 3 aromatic heterocycles. The molecule has 10 aromatic carbocycles. The van der Waals surface area contributed by atoms with Crippen LogP contribution in [0, 0.1) is 56.7 Å². The molecule has 0 saturated heterocycles. The number of benzene rings is 10. The van der Waals surface area contributed by atoms with Crippen molar-refractivity contribution in [2.75, 3.05) is 0 Å². The molecule has 0 fully saturated rings. The molecule has 8 heteroatoms. The van der Waals surface area contributed by atoms with Gasteiger partial charge in [0.15, 0.2) is 0 Å². The Kier molecular flexibility index (Phi) is 11.3. The minimum atomic E-state index is 0.444. The molecule has 0 atom stereocenters. The van der Waals surface area contributed by atoms with E-state index in [1.54, 1.807) is 0 Å². The smallest absolute Gasteiger partial charge is 0.0993 e. The predicted octanol–water partition coefficient (Wildman–Crippen LogP) is 16.6. The third kappa shape index (κ3) is 7.95. The van der Waals surface area contributed by atoms with Crippen molar-refractivity contribution in [3.8, 4) is 109 Å². The van der Waals surface area contributed by atoms with Crippen LogP contribution in [0.1, 0.15) is 27.8 Å². The summed E-state index contributed by atoms with van der Waals surface area (Å²) in [6, 6.07) is 87.9. The Balaban J connectivity index is 1.13. The van der Waals surface area contributed by atoms with E-state index < -0.39 is 0 Å². The summed E-state index contributed by atoms with van der Waals surface area (Å²) in [5, 5.41) is 53.7. The average Bonchev–Trinajstić information content (AvgIpc) is 4.14. The average molecular weight is 991 g/mol. The summed E-state index contributed by atoms with van der Waals surface area (Å²) < 4.78 is 4.51. The predicted molar refractivity (Wildman–Crippen MR) is 309 cm³/mol. The minimum absolute atomic E-state index is 0.444. The third-order valence-corrected chi connectivity index (χ3v) is 14.7. The lowest BCUT2D eigenvalue weighted by Crippen LogP contribution is -2.06. The van der Waals surface area contributed by atoms with Crippen LogP contribution in [-0.2, 0) is 0 Å². The maximum atomic E-state index is 11.2. The summed E-state index contributed by atoms with van der Waals surface area (Å²) in [4.78, 5) is 5.50. The van der Waals surface area contributed by atoms with Crippen molar-refractivity contribution in [1.29, 1.82) is 26.3 Å². The van der Waals surface area contributed by atoms with E-state index in [2.05, 4.69) is 124 Å². The van der Waals surface area contributed by atoms with E-state index in [-0.39, 0.29) is 0 Å². The standard InChI is InChI=1S/C70H38N8/c71-39-44-9-17-49(18-10-44)54-25-29-64-58(35-54)59-36-55(50-19-11-45(40-72)12-20-50)26-30-65(59)77(64)68-33-48(43-75)34-69(70(68)63-8-4-7-62(76-63)53-5-2-1-3-6-53)78-66-31-27-56(51-21-13-46(41-73)14-22-51)37-60(66)61-38-57(28-32-67(61)78)52-23-15-47(42-74)16-24-52/h1-38H. The van der Waals surface area contributed by atoms with Crippen molar-refractivity contribution in [2.45, 2.75) is 0 Å². The van der Waals surface area contributed by atoms with Gasteiger partial charge in [0.2, 0.25) is 0 Å². The van der Waals surface area contributed by atoms with E-state index in [1.165, 1.54) is 0 Å². The van der Waals surface area contributed by atoms with Crippen LogP contribution >= 0.6 is 0 Å². The number of hydrogen-bond acceptors (Lipinski definition) is 6. The van der Waals surface area contributed by atoms with Gasteiger partial charge in [-0.3, -0.25) is 0 Å². The maximum absolute atomic E-state index is 11.2. The van der Waals surface area contributed by atoms with Gasteiger partial charge in [-0.25, -0.2) is 4.98 Å². The second-order valence-corrected chi connectivity index (χ2v) is 19.1. The molecular weight excluding hydrogens is 953 g/mol. The third-order valence-electron chi connectivity index (χ3n) is 14.7. The van der Waals surface area contributed by atoms with Gasteiger partial charge in [0.25, 0.3) is 0 Å². The number of hydrogen-bond donors (Lipinski definition) is 0. The minimum Gasteiger partial charge on any atom is -0.308 e. The second kappa shape index (κ2) is 19.0. The molecular formula is C70H38N8. The summed E-state index contributed by atoms with van der Waals surface area (Å²) in [5.41, 5.74) is 18.9. The largest absolute Gasteiger partial charge is 0.308 e. The molecule has 0 saturated carbocycles. The van der Waals surface area contributed by atoms with E-state index in [0.29, 0.717) is 33.5 Å². The molecule has 0 bridgehead atoms. The highest BCUT2D eigenvalue weighted by atomic mass is 15.0. The van der Waals surface area contributed by atoms with Gasteiger partial charge >= 0.3 is 0 Å². The zero-order chi connectivity index (χ0) is 52.9. The molecule has 13 rings (SSSR count). The zero-order valence-electron chi connectivity index (χ0n) is 41.5. The second-order valence-electron chi connectivity index (χ2n) is 19.1. The van der Waals surface area contributed by atoms with Crippen molar-refractivity contribution in [3.63, 3.8) is 0 Å². The molecule has 0 unspecified atom stereocenters. The summed E-state index contributed by atoms with van der Waals surface area (Å²) in [6.45, 7) is 0. The molecule has 0 aliphatic heterocycles. The van der Waals surface area contributed by atoms with Crippen LogP contribution in [-0.4, -0.2) is 14.1 Å². The van der Waals surface area contributed by atoms with Crippen LogP contribution in [0.25, 0.3) is 122 Å². The highest BCUT2D eigenvalue weighted by molar-refractivity contribution is 6.14. The molecule has 78 heavy (non-hydrogen) atoms. The lowest BCUT2D eigenvalue weighted by Gasteiger charge is -2.21. The van der Waals surface area contributed by atoms with Crippen molar-refractivity contribution < 1.29 is 0 Å². The Hall–Kier alpha value is -11.6. The van der Waals surface area contributed by atoms with Gasteiger partial charge in [0.1, 0.15) is 0 Å². The van der Waals surface area contributed by atoms with Crippen LogP contribution < -0.4 is 0 Å². The highest BCUT2D eigenvalue weighted by Gasteiger charge is 2.25. The molecule has 358 valence electrons. The fourth-order valence-electron chi connectivity index (χ4n) is 10.9. The van der Waals surface area contributed by atoms with E-state index in [9.17, 15) is 26.3 Å². The monoisotopic (exact) mass is 990 g/mol. The molecule has 8 nitrogen and oxygen atoms in total. The van der Waals surface area contributed by atoms with Gasteiger partial charge in [-0.05, 0) is 166 Å². The molecule has 0 aliphatic rings. The summed E-state index contributed by atoms with van der Waals surface area (Å²) >= 11 is 0. The molecule has 0 amide bonds. The molecule has 0 radical (unpaired) electrons. The number of pyridine rings is 1. The lowest BCUT2D eigenvalue weighted by atomic mass is 9.99. The fraction of sp³-hybridized carbons (Fsp3) is 0. The number of fused-ring (bicyclic) bond motifs is 6. The van der Waals surface area contributed by atoms with Gasteiger partial charge in [0.05, 0.1) is 103 Å². The quantitative estimate of drug-likeness (QED) is 0.148. The van der Waals surface area contributed by atoms with Crippen LogP contribution in [0.5, 0.6) is 0 Å². The topological polar surface area (TPSA) is 142 Å². The van der Waals surface area contributed by atoms with Crippen LogP contribution in [0.3, 0.4) is 0 Å². The first-order valence-corrected chi connectivity index (χ1v) is 25.2. The van der Waals surface area contributed by atoms with Crippen molar-refractivity contribution in [3.05, 3.63) is 258 Å². The molecule has 3 heterocycles. The Bertz CT molecular complexity index is 4310. The molecule has 0 N–H and O–H groups in total. The van der Waals surface area contributed by atoms with E-state index in [4.69, 9.17) is 4.98 Å². The number of rotatable bonds is 8. The maximum Gasteiger partial charge on any atom is 0.0993 e. The molecule has 0 aliphatic carbocycles. The summed E-state index contributed by atoms with van der Waals surface area (Å²) in [5.74, 6) is 0. The molecule has 13 aromatic rings. The van der Waals surface area contributed by atoms with Crippen LogP contribution in [0.2, 0.25) is 0 Å². The summed E-state index contributed by atoms with van der Waals surface area (Å²) in [6.07, 6.45) is 0. The SMILES string of the molecule is N#Cc1ccc(-c2ccc3c(c2)c2cc(-c4ccc(C#N)cc4)ccc2n3-c2cc(C#N)cc(-n3c4ccc(-c5ccc(C#N)cc5)cc4c4cc(-c5ccc(C#N)cc5)ccc43)c2-c2cccc(-c3ccccc3)n2)cc1. The van der Waals surface area contributed by atoms with Gasteiger partial charge in [0, 0.05) is 32.7 Å². The van der Waals surface area contributed by atoms with Crippen LogP contribution in [0.4, 0.5) is 0 Å². The first-order valence-electron chi connectivity index (χ1n) is 25.2. The van der Waals surface area contributed by atoms with Crippen molar-refractivity contribution in [2.24, 2.45) is 0 Å². The van der Waals surface area contributed by atoms with Gasteiger partial charge in [-0.15, -0.1) is 0 Å². The van der Waals surface area contributed by atoms with Crippen LogP contribution in [0.15, 0.2) is 231 Å². The number of aromatic nitrogens is 3. The fourth-order valence-corrected chi connectivity index (χ4v) is 10.9. The molecule has 0 spiro atoms. The Labute approximate surface area is 448 Å². The van der Waals surface area contributed by atoms with Gasteiger partial charge in [-0.2, -0.15) is 26.3 Å². The van der Waals surface area contributed by atoms with E-state index in [1.807, 2.05) is 146 Å². The van der Waals surface area contributed by atoms with Crippen molar-refractivity contribution in [1.82, 2.24) is 14.1 Å². The van der Waals surface area contributed by atoms with Gasteiger partial charge in [-0.1, -0.05) is 109 Å². The number of nitriles is 5. The van der Waals surface area contributed by atoms with E-state index in [0.717, 1.165) is 116 Å². The van der Waals surface area contributed by atoms with Gasteiger partial charge < -0.3 is 9.13 Å². The van der Waals surface area contributed by atoms with E-state index >= 15 is 0 Å². The number of nitrogens with zero attached hydrogens (tertiary/aromatic N) is 8. The highest BCUT2D eigenvalue weighted by Crippen LogP contribution is 2.45. The lowest BCUT2D eigenvalue weighted by molar-refractivity contribution is 1.12. The Morgan fingerprint density at radius 2 is 0.564 bits per heavy atom. The normalized spacial score (nSPS) is 11.0.